The third kappa shape index (κ3) is 7.94. The molecule has 3 N–H and O–H groups in total. The van der Waals surface area contributed by atoms with Gasteiger partial charge in [0.15, 0.2) is 0 Å². The van der Waals surface area contributed by atoms with Crippen molar-refractivity contribution in [1.82, 2.24) is 5.32 Å². The summed E-state index contributed by atoms with van der Waals surface area (Å²) < 4.78 is 30.0. The summed E-state index contributed by atoms with van der Waals surface area (Å²) in [4.78, 5) is -0.0584. The Hall–Kier alpha value is -0.950. The van der Waals surface area contributed by atoms with Crippen LogP contribution in [0.5, 0.6) is 0 Å². The fraction of sp³-hybridized carbons (Fsp3) is 0.538. The number of rotatable bonds is 5. The highest BCUT2D eigenvalue weighted by Crippen LogP contribution is 2.16. The van der Waals surface area contributed by atoms with E-state index in [1.54, 1.807) is 12.1 Å². The zero-order valence-electron chi connectivity index (χ0n) is 11.6. The molecule has 19 heavy (non-hydrogen) atoms. The molecule has 0 bridgehead atoms. The summed E-state index contributed by atoms with van der Waals surface area (Å²) in [6.45, 7) is 7.95. The number of hydrogen-bond donors (Lipinski definition) is 3. The number of hydrogen-bond acceptors (Lipinski definition) is 4. The van der Waals surface area contributed by atoms with Gasteiger partial charge in [-0.1, -0.05) is 32.9 Å². The molecule has 0 atom stereocenters. The van der Waals surface area contributed by atoms with Crippen LogP contribution in [0, 0.1) is 0 Å². The number of benzene rings is 1. The molecule has 0 aromatic heterocycles. The second kappa shape index (κ2) is 9.03. The molecule has 1 aromatic rings. The number of aliphatic hydroxyl groups is 1. The standard InChI is InChI=1S/C9H12O3S.C4H11NO/c1-7(2)8-3-5-9(6-4-8)13(10,11)12;1-2-5-3-4-6/h3-7H,1-2H3,(H,10,11,12);5-6H,2-4H2,1H3. The molecule has 0 fully saturated rings. The van der Waals surface area contributed by atoms with Gasteiger partial charge in [-0.25, -0.2) is 0 Å². The summed E-state index contributed by atoms with van der Waals surface area (Å²) in [5.41, 5.74) is 1.05. The highest BCUT2D eigenvalue weighted by molar-refractivity contribution is 7.85. The Morgan fingerprint density at radius 2 is 1.74 bits per heavy atom. The van der Waals surface area contributed by atoms with Gasteiger partial charge in [0.1, 0.15) is 0 Å². The van der Waals surface area contributed by atoms with Gasteiger partial charge in [-0.15, -0.1) is 0 Å². The zero-order valence-corrected chi connectivity index (χ0v) is 12.4. The van der Waals surface area contributed by atoms with Gasteiger partial charge in [0.2, 0.25) is 0 Å². The zero-order chi connectivity index (χ0) is 14.9. The lowest BCUT2D eigenvalue weighted by atomic mass is 10.0. The van der Waals surface area contributed by atoms with Crippen molar-refractivity contribution in [2.75, 3.05) is 19.7 Å². The molecule has 0 heterocycles. The average molecular weight is 289 g/mol. The normalized spacial score (nSPS) is 11.1. The molecule has 5 nitrogen and oxygen atoms in total. The smallest absolute Gasteiger partial charge is 0.294 e. The number of aliphatic hydroxyl groups excluding tert-OH is 1. The van der Waals surface area contributed by atoms with E-state index in [4.69, 9.17) is 9.66 Å². The second-order valence-corrected chi connectivity index (χ2v) is 5.70. The number of likely N-dealkylation sites (N-methyl/N-ethyl adjacent to an activating group) is 1. The fourth-order valence-corrected chi connectivity index (χ4v) is 1.76. The first-order valence-electron chi connectivity index (χ1n) is 6.22. The molecular formula is C13H23NO4S. The maximum atomic E-state index is 10.7. The Morgan fingerprint density at radius 1 is 1.21 bits per heavy atom. The lowest BCUT2D eigenvalue weighted by Crippen LogP contribution is -2.16. The minimum Gasteiger partial charge on any atom is -0.395 e. The average Bonchev–Trinajstić information content (AvgIpc) is 2.36. The van der Waals surface area contributed by atoms with Gasteiger partial charge >= 0.3 is 0 Å². The van der Waals surface area contributed by atoms with Crippen LogP contribution >= 0.6 is 0 Å². The van der Waals surface area contributed by atoms with Gasteiger partial charge in [-0.3, -0.25) is 4.55 Å². The highest BCUT2D eigenvalue weighted by Gasteiger charge is 2.08. The predicted octanol–water partition coefficient (Wildman–Crippen LogP) is 1.64. The first-order valence-corrected chi connectivity index (χ1v) is 7.66. The third-order valence-electron chi connectivity index (χ3n) is 2.38. The van der Waals surface area contributed by atoms with Gasteiger partial charge in [-0.05, 0) is 30.2 Å². The molecule has 0 amide bonds. The van der Waals surface area contributed by atoms with Crippen molar-refractivity contribution in [3.8, 4) is 0 Å². The van der Waals surface area contributed by atoms with Crippen molar-refractivity contribution < 1.29 is 18.1 Å². The molecule has 6 heteroatoms. The van der Waals surface area contributed by atoms with Crippen molar-refractivity contribution in [1.29, 1.82) is 0 Å². The van der Waals surface area contributed by atoms with E-state index in [1.165, 1.54) is 12.1 Å². The molecule has 0 aliphatic heterocycles. The molecule has 1 rings (SSSR count). The summed E-state index contributed by atoms with van der Waals surface area (Å²) in [6.07, 6.45) is 0. The SMILES string of the molecule is CC(C)c1ccc(S(=O)(=O)O)cc1.CCNCCO. The highest BCUT2D eigenvalue weighted by atomic mass is 32.2. The Labute approximate surface area is 115 Å². The summed E-state index contributed by atoms with van der Waals surface area (Å²) in [6, 6.07) is 6.22. The maximum absolute atomic E-state index is 10.7. The minimum atomic E-state index is -4.05. The monoisotopic (exact) mass is 289 g/mol. The largest absolute Gasteiger partial charge is 0.395 e. The predicted molar refractivity (Wildman–Crippen MR) is 76.0 cm³/mol. The van der Waals surface area contributed by atoms with Crippen molar-refractivity contribution in [3.05, 3.63) is 29.8 Å². The Morgan fingerprint density at radius 3 is 2.00 bits per heavy atom. The van der Waals surface area contributed by atoms with Gasteiger partial charge in [0, 0.05) is 6.54 Å². The lowest BCUT2D eigenvalue weighted by molar-refractivity contribution is 0.293. The van der Waals surface area contributed by atoms with Crippen LogP contribution in [0.1, 0.15) is 32.3 Å². The van der Waals surface area contributed by atoms with E-state index < -0.39 is 10.1 Å². The van der Waals surface area contributed by atoms with Crippen molar-refractivity contribution in [3.63, 3.8) is 0 Å². The fourth-order valence-electron chi connectivity index (χ4n) is 1.28. The first kappa shape index (κ1) is 18.0. The van der Waals surface area contributed by atoms with E-state index >= 15 is 0 Å². The van der Waals surface area contributed by atoms with Crippen LogP contribution in [-0.4, -0.2) is 37.8 Å². The van der Waals surface area contributed by atoms with Gasteiger partial charge in [-0.2, -0.15) is 8.42 Å². The molecule has 0 radical (unpaired) electrons. The van der Waals surface area contributed by atoms with Gasteiger partial charge in [0.05, 0.1) is 11.5 Å². The molecule has 110 valence electrons. The molecule has 0 saturated carbocycles. The summed E-state index contributed by atoms with van der Waals surface area (Å²) >= 11 is 0. The van der Waals surface area contributed by atoms with Crippen LogP contribution in [0.2, 0.25) is 0 Å². The molecule has 0 saturated heterocycles. The minimum absolute atomic E-state index is 0.0584. The van der Waals surface area contributed by atoms with Crippen LogP contribution in [0.15, 0.2) is 29.2 Å². The van der Waals surface area contributed by atoms with E-state index in [9.17, 15) is 8.42 Å². The Bertz CT molecular complexity index is 436. The van der Waals surface area contributed by atoms with Crippen LogP contribution in [-0.2, 0) is 10.1 Å². The van der Waals surface area contributed by atoms with Crippen LogP contribution in [0.3, 0.4) is 0 Å². The van der Waals surface area contributed by atoms with Crippen LogP contribution in [0.4, 0.5) is 0 Å². The molecule has 0 unspecified atom stereocenters. The maximum Gasteiger partial charge on any atom is 0.294 e. The summed E-state index contributed by atoms with van der Waals surface area (Å²) in [5.74, 6) is 0.357. The quantitative estimate of drug-likeness (QED) is 0.567. The van der Waals surface area contributed by atoms with E-state index in [-0.39, 0.29) is 11.5 Å². The molecular weight excluding hydrogens is 266 g/mol. The van der Waals surface area contributed by atoms with Crippen molar-refractivity contribution in [2.45, 2.75) is 31.6 Å². The Kier molecular flexibility index (Phi) is 8.58. The van der Waals surface area contributed by atoms with E-state index in [1.807, 2.05) is 20.8 Å². The molecule has 0 spiro atoms. The molecule has 0 aliphatic carbocycles. The summed E-state index contributed by atoms with van der Waals surface area (Å²) in [5, 5.41) is 11.1. The molecule has 1 aromatic carbocycles. The van der Waals surface area contributed by atoms with Crippen molar-refractivity contribution in [2.24, 2.45) is 0 Å². The van der Waals surface area contributed by atoms with E-state index in [0.29, 0.717) is 5.92 Å². The summed E-state index contributed by atoms with van der Waals surface area (Å²) in [7, 11) is -4.05. The van der Waals surface area contributed by atoms with Crippen LogP contribution < -0.4 is 5.32 Å². The Balaban J connectivity index is 0.000000459. The van der Waals surface area contributed by atoms with Gasteiger partial charge < -0.3 is 10.4 Å². The van der Waals surface area contributed by atoms with Crippen LogP contribution in [0.25, 0.3) is 0 Å². The lowest BCUT2D eigenvalue weighted by Gasteiger charge is -2.04. The second-order valence-electron chi connectivity index (χ2n) is 4.28. The number of nitrogens with one attached hydrogen (secondary N) is 1. The van der Waals surface area contributed by atoms with Crippen molar-refractivity contribution >= 4 is 10.1 Å². The van der Waals surface area contributed by atoms with Gasteiger partial charge in [0.25, 0.3) is 10.1 Å². The molecule has 0 aliphatic rings. The van der Waals surface area contributed by atoms with E-state index in [0.717, 1.165) is 18.7 Å². The topological polar surface area (TPSA) is 86.6 Å². The third-order valence-corrected chi connectivity index (χ3v) is 3.25. The first-order chi connectivity index (χ1) is 8.82. The van der Waals surface area contributed by atoms with E-state index in [2.05, 4.69) is 5.32 Å².